The van der Waals surface area contributed by atoms with Gasteiger partial charge in [-0.25, -0.2) is 0 Å². The smallest absolute Gasteiger partial charge is 0.224 e. The van der Waals surface area contributed by atoms with E-state index in [0.717, 1.165) is 23.2 Å². The first-order chi connectivity index (χ1) is 22.4. The molecule has 0 saturated carbocycles. The minimum Gasteiger partial charge on any atom is -0.397 e. The molecule has 9 nitrogen and oxygen atoms in total. The van der Waals surface area contributed by atoms with Crippen molar-refractivity contribution in [3.8, 4) is 0 Å². The summed E-state index contributed by atoms with van der Waals surface area (Å²) in [6.45, 7) is 1.49. The molecule has 1 aliphatic rings. The van der Waals surface area contributed by atoms with Crippen LogP contribution < -0.4 is 16.4 Å². The lowest BCUT2D eigenvalue weighted by atomic mass is 9.99. The molecule has 0 radical (unpaired) electrons. The van der Waals surface area contributed by atoms with Crippen molar-refractivity contribution in [1.29, 1.82) is 0 Å². The number of likely N-dealkylation sites (N-methyl/N-ethyl adjacent to an activating group) is 1. The van der Waals surface area contributed by atoms with Gasteiger partial charge in [-0.05, 0) is 54.4 Å². The number of nitrogens with one attached hydrogen (secondary N) is 2. The molecular weight excluding hydrogens is 580 g/mol. The van der Waals surface area contributed by atoms with Crippen molar-refractivity contribution in [3.63, 3.8) is 0 Å². The summed E-state index contributed by atoms with van der Waals surface area (Å²) in [7, 11) is 2.09. The molecule has 1 aliphatic heterocycles. The molecule has 1 saturated heterocycles. The van der Waals surface area contributed by atoms with Crippen LogP contribution in [-0.4, -0.2) is 41.5 Å². The van der Waals surface area contributed by atoms with Crippen LogP contribution in [-0.2, 0) is 32.2 Å². The zero-order valence-electron chi connectivity index (χ0n) is 26.1. The molecule has 4 aromatic carbocycles. The summed E-state index contributed by atoms with van der Waals surface area (Å²) >= 11 is 0. The fourth-order valence-corrected chi connectivity index (χ4v) is 5.56. The van der Waals surface area contributed by atoms with Gasteiger partial charge in [-0.15, -0.1) is 0 Å². The third-order valence-electron chi connectivity index (χ3n) is 7.91. The molecule has 1 fully saturated rings. The van der Waals surface area contributed by atoms with Crippen LogP contribution in [0.25, 0.3) is 0 Å². The van der Waals surface area contributed by atoms with E-state index in [1.165, 1.54) is 5.56 Å². The Hall–Kier alpha value is -4.54. The van der Waals surface area contributed by atoms with Gasteiger partial charge in [0.1, 0.15) is 0 Å². The average Bonchev–Trinajstić information content (AvgIpc) is 3.06. The van der Waals surface area contributed by atoms with Crippen molar-refractivity contribution < 1.29 is 24.2 Å². The number of anilines is 3. The molecule has 0 spiro atoms. The van der Waals surface area contributed by atoms with E-state index in [9.17, 15) is 14.7 Å². The summed E-state index contributed by atoms with van der Waals surface area (Å²) in [5.41, 5.74) is 11.5. The maximum absolute atomic E-state index is 12.8. The number of benzene rings is 4. The van der Waals surface area contributed by atoms with Crippen molar-refractivity contribution in [2.45, 2.75) is 57.3 Å². The van der Waals surface area contributed by atoms with Gasteiger partial charge in [0.2, 0.25) is 11.8 Å². The Kier molecular flexibility index (Phi) is 11.5. The van der Waals surface area contributed by atoms with Crippen LogP contribution in [0.3, 0.4) is 0 Å². The quantitative estimate of drug-likeness (QED) is 0.131. The van der Waals surface area contributed by atoms with Gasteiger partial charge in [-0.2, -0.15) is 0 Å². The predicted octanol–water partition coefficient (Wildman–Crippen LogP) is 6.19. The van der Waals surface area contributed by atoms with Gasteiger partial charge < -0.3 is 30.9 Å². The minimum absolute atomic E-state index is 0.0149. The van der Waals surface area contributed by atoms with Crippen LogP contribution in [0.1, 0.15) is 60.3 Å². The summed E-state index contributed by atoms with van der Waals surface area (Å²) < 4.78 is 13.0. The van der Waals surface area contributed by atoms with Gasteiger partial charge in [-0.1, -0.05) is 78.9 Å². The molecular formula is C37H42N4O5. The van der Waals surface area contributed by atoms with Crippen LogP contribution in [0.15, 0.2) is 103 Å². The maximum atomic E-state index is 12.8. The van der Waals surface area contributed by atoms with Crippen molar-refractivity contribution in [3.05, 3.63) is 125 Å². The minimum atomic E-state index is -0.641. The van der Waals surface area contributed by atoms with Gasteiger partial charge >= 0.3 is 0 Å². The lowest BCUT2D eigenvalue weighted by molar-refractivity contribution is -0.252. The molecule has 0 aromatic heterocycles. The Morgan fingerprint density at radius 1 is 0.826 bits per heavy atom. The third-order valence-corrected chi connectivity index (χ3v) is 7.91. The number of carbonyl (C=O) groups excluding carboxylic acids is 2. The number of aliphatic hydroxyl groups is 1. The van der Waals surface area contributed by atoms with Gasteiger partial charge in [-0.3, -0.25) is 14.5 Å². The molecule has 46 heavy (non-hydrogen) atoms. The molecule has 4 aromatic rings. The lowest BCUT2D eigenvalue weighted by Crippen LogP contribution is -2.37. The first-order valence-corrected chi connectivity index (χ1v) is 15.6. The number of ether oxygens (including phenoxy) is 2. The van der Waals surface area contributed by atoms with E-state index < -0.39 is 6.29 Å². The Morgan fingerprint density at radius 3 is 2.28 bits per heavy atom. The highest BCUT2D eigenvalue weighted by molar-refractivity contribution is 5.94. The van der Waals surface area contributed by atoms with Crippen LogP contribution in [0.2, 0.25) is 0 Å². The number of hydrogen-bond acceptors (Lipinski definition) is 7. The highest BCUT2D eigenvalue weighted by Gasteiger charge is 2.33. The van der Waals surface area contributed by atoms with E-state index in [4.69, 9.17) is 15.2 Å². The van der Waals surface area contributed by atoms with Gasteiger partial charge in [0.05, 0.1) is 30.2 Å². The summed E-state index contributed by atoms with van der Waals surface area (Å²) in [5, 5.41) is 15.2. The van der Waals surface area contributed by atoms with Crippen molar-refractivity contribution >= 4 is 28.9 Å². The Morgan fingerprint density at radius 2 is 1.54 bits per heavy atom. The predicted molar refractivity (Wildman–Crippen MR) is 180 cm³/mol. The number of nitrogens with two attached hydrogens (primary N) is 1. The summed E-state index contributed by atoms with van der Waals surface area (Å²) in [5.74, 6) is -0.374. The Bertz CT molecular complexity index is 1580. The van der Waals surface area contributed by atoms with Gasteiger partial charge in [0.15, 0.2) is 6.29 Å². The van der Waals surface area contributed by atoms with E-state index in [1.54, 1.807) is 24.3 Å². The number of rotatable bonds is 13. The topological polar surface area (TPSA) is 126 Å². The molecule has 0 bridgehead atoms. The van der Waals surface area contributed by atoms with Crippen LogP contribution >= 0.6 is 0 Å². The lowest BCUT2D eigenvalue weighted by Gasteiger charge is -2.38. The molecule has 2 amide bonds. The number of nitrogens with zero attached hydrogens (tertiary/aromatic N) is 1. The molecule has 1 heterocycles. The van der Waals surface area contributed by atoms with Gasteiger partial charge in [0, 0.05) is 43.6 Å². The van der Waals surface area contributed by atoms with Crippen LogP contribution in [0.4, 0.5) is 17.1 Å². The molecule has 240 valence electrons. The average molecular weight is 623 g/mol. The van der Waals surface area contributed by atoms with Crippen molar-refractivity contribution in [2.75, 3.05) is 30.0 Å². The monoisotopic (exact) mass is 622 g/mol. The Balaban J connectivity index is 1.21. The van der Waals surface area contributed by atoms with Crippen molar-refractivity contribution in [1.82, 2.24) is 4.90 Å². The number of para-hydroxylation sites is 2. The molecule has 0 unspecified atom stereocenters. The number of aliphatic hydroxyl groups excluding tert-OH is 1. The van der Waals surface area contributed by atoms with Gasteiger partial charge in [0.25, 0.3) is 0 Å². The highest BCUT2D eigenvalue weighted by Crippen LogP contribution is 2.38. The van der Waals surface area contributed by atoms with Crippen LogP contribution in [0, 0.1) is 0 Å². The fourth-order valence-electron chi connectivity index (χ4n) is 5.56. The molecule has 5 rings (SSSR count). The van der Waals surface area contributed by atoms with E-state index >= 15 is 0 Å². The number of amides is 2. The van der Waals surface area contributed by atoms with E-state index in [2.05, 4.69) is 34.7 Å². The molecule has 9 heteroatoms. The molecule has 3 atom stereocenters. The second kappa shape index (κ2) is 16.1. The maximum Gasteiger partial charge on any atom is 0.224 e. The van der Waals surface area contributed by atoms with Crippen molar-refractivity contribution in [2.24, 2.45) is 0 Å². The summed E-state index contributed by atoms with van der Waals surface area (Å²) in [4.78, 5) is 27.3. The zero-order chi connectivity index (χ0) is 32.3. The number of hydrogen-bond donors (Lipinski definition) is 4. The SMILES string of the molecule is CN(Cc1ccccc1)C[C@@H]1C[C@H](c2ccc(CO)cc2)O[C@H](c2cccc(NC(=O)CCCC(=O)Nc3ccccc3N)c2)O1. The number of nitrogen functional groups attached to an aromatic ring is 1. The number of carbonyl (C=O) groups is 2. The van der Waals surface area contributed by atoms with Crippen LogP contribution in [0.5, 0.6) is 0 Å². The second-order valence-electron chi connectivity index (χ2n) is 11.7. The standard InChI is InChI=1S/C37H42N4O5/c1-41(23-26-9-3-2-4-10-26)24-31-22-34(28-19-17-27(25-42)18-20-28)46-37(45-31)29-11-7-12-30(21-29)39-35(43)15-8-16-36(44)40-33-14-6-5-13-32(33)38/h2-7,9-14,17-21,31,34,37,42H,8,15-16,22-25,38H2,1H3,(H,39,43)(H,40,44)/t31-,34+,37+/m0/s1. The van der Waals surface area contributed by atoms with E-state index in [-0.39, 0.29) is 43.5 Å². The summed E-state index contributed by atoms with van der Waals surface area (Å²) in [6, 6.07) is 32.7. The Labute approximate surface area is 270 Å². The van der Waals surface area contributed by atoms with E-state index in [1.807, 2.05) is 66.7 Å². The first-order valence-electron chi connectivity index (χ1n) is 15.6. The fraction of sp³-hybridized carbons (Fsp3) is 0.297. The largest absolute Gasteiger partial charge is 0.397 e. The first kappa shape index (κ1) is 32.8. The third kappa shape index (κ3) is 9.48. The summed E-state index contributed by atoms with van der Waals surface area (Å²) in [6.07, 6.45) is 0.509. The molecule has 0 aliphatic carbocycles. The molecule has 5 N–H and O–H groups in total. The normalized spacial score (nSPS) is 17.8. The zero-order valence-corrected chi connectivity index (χ0v) is 26.1. The van der Waals surface area contributed by atoms with E-state index in [0.29, 0.717) is 36.4 Å². The second-order valence-corrected chi connectivity index (χ2v) is 11.7. The highest BCUT2D eigenvalue weighted by atomic mass is 16.7.